The first kappa shape index (κ1) is 12.5. The quantitative estimate of drug-likeness (QED) is 0.847. The van der Waals surface area contributed by atoms with Gasteiger partial charge in [-0.3, -0.25) is 0 Å². The highest BCUT2D eigenvalue weighted by molar-refractivity contribution is 7.13. The van der Waals surface area contributed by atoms with Crippen LogP contribution in [0.5, 0.6) is 5.75 Å². The van der Waals surface area contributed by atoms with Crippen molar-refractivity contribution in [3.05, 3.63) is 17.3 Å². The summed E-state index contributed by atoms with van der Waals surface area (Å²) in [5.41, 5.74) is 0. The van der Waals surface area contributed by atoms with Crippen LogP contribution in [-0.2, 0) is 16.1 Å². The first-order valence-electron chi connectivity index (χ1n) is 4.94. The molecule has 96 valence electrons. The van der Waals surface area contributed by atoms with Gasteiger partial charge in [-0.2, -0.15) is 0 Å². The molecule has 0 saturated heterocycles. The van der Waals surface area contributed by atoms with Crippen molar-refractivity contribution in [2.24, 2.45) is 0 Å². The van der Waals surface area contributed by atoms with E-state index >= 15 is 0 Å². The number of hydrogen-bond donors (Lipinski definition) is 1. The fraction of sp³-hybridized carbons (Fsp3) is 0.300. The number of aliphatic carboxylic acids is 1. The first-order chi connectivity index (χ1) is 8.70. The van der Waals surface area contributed by atoms with Crippen LogP contribution in [0.25, 0.3) is 10.8 Å². The van der Waals surface area contributed by atoms with Gasteiger partial charge in [0.15, 0.2) is 0 Å². The molecule has 2 aromatic heterocycles. The number of carboxylic acids is 1. The SMILES string of the molecule is COc1ccsc1-c1nnc(COCC(=O)O)o1. The molecule has 0 aliphatic carbocycles. The molecular weight excluding hydrogens is 260 g/mol. The summed E-state index contributed by atoms with van der Waals surface area (Å²) in [7, 11) is 1.55. The van der Waals surface area contributed by atoms with Crippen LogP contribution in [0.1, 0.15) is 5.89 Å². The van der Waals surface area contributed by atoms with Crippen LogP contribution < -0.4 is 4.74 Å². The average Bonchev–Trinajstić information content (AvgIpc) is 2.95. The fourth-order valence-corrected chi connectivity index (χ4v) is 2.02. The highest BCUT2D eigenvalue weighted by atomic mass is 32.1. The van der Waals surface area contributed by atoms with Gasteiger partial charge in [-0.05, 0) is 11.4 Å². The zero-order valence-corrected chi connectivity index (χ0v) is 10.3. The summed E-state index contributed by atoms with van der Waals surface area (Å²) in [5.74, 6) is 0.161. The molecule has 0 fully saturated rings. The van der Waals surface area contributed by atoms with E-state index in [0.29, 0.717) is 11.6 Å². The van der Waals surface area contributed by atoms with E-state index in [2.05, 4.69) is 10.2 Å². The van der Waals surface area contributed by atoms with Crippen molar-refractivity contribution >= 4 is 17.3 Å². The molecule has 0 radical (unpaired) electrons. The highest BCUT2D eigenvalue weighted by Gasteiger charge is 2.15. The van der Waals surface area contributed by atoms with Gasteiger partial charge in [-0.25, -0.2) is 4.79 Å². The van der Waals surface area contributed by atoms with Crippen LogP contribution in [0.3, 0.4) is 0 Å². The lowest BCUT2D eigenvalue weighted by atomic mass is 10.4. The maximum Gasteiger partial charge on any atom is 0.329 e. The zero-order valence-electron chi connectivity index (χ0n) is 9.45. The van der Waals surface area contributed by atoms with Gasteiger partial charge in [-0.1, -0.05) is 0 Å². The molecule has 0 amide bonds. The predicted molar refractivity (Wildman–Crippen MR) is 61.5 cm³/mol. The minimum Gasteiger partial charge on any atom is -0.495 e. The molecule has 18 heavy (non-hydrogen) atoms. The molecule has 0 unspecified atom stereocenters. The second-order valence-corrected chi connectivity index (χ2v) is 4.12. The lowest BCUT2D eigenvalue weighted by molar-refractivity contribution is -0.142. The number of ether oxygens (including phenoxy) is 2. The van der Waals surface area contributed by atoms with Gasteiger partial charge in [0.05, 0.1) is 7.11 Å². The number of carbonyl (C=O) groups is 1. The van der Waals surface area contributed by atoms with Gasteiger partial charge >= 0.3 is 5.97 Å². The van der Waals surface area contributed by atoms with Crippen molar-refractivity contribution in [1.29, 1.82) is 0 Å². The van der Waals surface area contributed by atoms with E-state index in [4.69, 9.17) is 19.0 Å². The average molecular weight is 270 g/mol. The van der Waals surface area contributed by atoms with E-state index in [1.807, 2.05) is 5.38 Å². The molecule has 2 aromatic rings. The Labute approximate surface area is 106 Å². The maximum absolute atomic E-state index is 10.3. The van der Waals surface area contributed by atoms with Gasteiger partial charge in [-0.15, -0.1) is 21.5 Å². The number of thiophene rings is 1. The summed E-state index contributed by atoms with van der Waals surface area (Å²) in [6.45, 7) is -0.437. The van der Waals surface area contributed by atoms with E-state index in [0.717, 1.165) is 4.88 Å². The first-order valence-corrected chi connectivity index (χ1v) is 5.82. The molecule has 2 heterocycles. The Bertz CT molecular complexity index is 536. The molecular formula is C10H10N2O5S. The topological polar surface area (TPSA) is 94.7 Å². The second-order valence-electron chi connectivity index (χ2n) is 3.21. The van der Waals surface area contributed by atoms with Crippen molar-refractivity contribution in [2.45, 2.75) is 6.61 Å². The Morgan fingerprint density at radius 2 is 2.39 bits per heavy atom. The van der Waals surface area contributed by atoms with E-state index in [9.17, 15) is 4.79 Å². The maximum atomic E-state index is 10.3. The fourth-order valence-electron chi connectivity index (χ4n) is 1.24. The standard InChI is InChI=1S/C10H10N2O5S/c1-15-6-2-3-18-9(6)10-12-11-7(17-10)4-16-5-8(13)14/h2-3H,4-5H2,1H3,(H,13,14). The van der Waals surface area contributed by atoms with E-state index in [1.54, 1.807) is 13.2 Å². The smallest absolute Gasteiger partial charge is 0.329 e. The van der Waals surface area contributed by atoms with Crippen LogP contribution in [-0.4, -0.2) is 35.0 Å². The van der Waals surface area contributed by atoms with Crippen LogP contribution in [0.15, 0.2) is 15.9 Å². The summed E-state index contributed by atoms with van der Waals surface area (Å²) >= 11 is 1.41. The normalized spacial score (nSPS) is 10.5. The van der Waals surface area contributed by atoms with Gasteiger partial charge in [0.2, 0.25) is 5.89 Å². The Kier molecular flexibility index (Phi) is 3.90. The second kappa shape index (κ2) is 5.61. The van der Waals surface area contributed by atoms with Crippen molar-refractivity contribution in [1.82, 2.24) is 10.2 Å². The zero-order chi connectivity index (χ0) is 13.0. The molecule has 2 rings (SSSR count). The minimum atomic E-state index is -1.05. The molecule has 0 saturated carbocycles. The Morgan fingerprint density at radius 1 is 1.56 bits per heavy atom. The third-order valence-corrected chi connectivity index (χ3v) is 2.84. The summed E-state index contributed by atoms with van der Waals surface area (Å²) < 4.78 is 15.3. The molecule has 7 nitrogen and oxygen atoms in total. The Morgan fingerprint density at radius 3 is 3.11 bits per heavy atom. The van der Waals surface area contributed by atoms with Crippen molar-refractivity contribution in [2.75, 3.05) is 13.7 Å². The van der Waals surface area contributed by atoms with Gasteiger partial charge in [0, 0.05) is 0 Å². The molecule has 0 aromatic carbocycles. The number of carboxylic acid groups (broad SMARTS) is 1. The summed E-state index contributed by atoms with van der Waals surface area (Å²) in [6, 6.07) is 1.80. The molecule has 0 atom stereocenters. The van der Waals surface area contributed by atoms with E-state index in [1.165, 1.54) is 11.3 Å². The van der Waals surface area contributed by atoms with Crippen molar-refractivity contribution < 1.29 is 23.8 Å². The molecule has 0 bridgehead atoms. The number of hydrogen-bond acceptors (Lipinski definition) is 7. The lowest BCUT2D eigenvalue weighted by Crippen LogP contribution is -2.06. The third-order valence-electron chi connectivity index (χ3n) is 1.96. The van der Waals surface area contributed by atoms with Gasteiger partial charge < -0.3 is 19.0 Å². The number of rotatable bonds is 6. The van der Waals surface area contributed by atoms with Gasteiger partial charge in [0.1, 0.15) is 23.8 Å². The third kappa shape index (κ3) is 2.84. The number of aromatic nitrogens is 2. The lowest BCUT2D eigenvalue weighted by Gasteiger charge is -1.97. The van der Waals surface area contributed by atoms with Crippen LogP contribution >= 0.6 is 11.3 Å². The van der Waals surface area contributed by atoms with Gasteiger partial charge in [0.25, 0.3) is 5.89 Å². The Balaban J connectivity index is 2.04. The minimum absolute atomic E-state index is 0.0347. The molecule has 1 N–H and O–H groups in total. The van der Waals surface area contributed by atoms with E-state index < -0.39 is 12.6 Å². The van der Waals surface area contributed by atoms with Crippen LogP contribution in [0, 0.1) is 0 Å². The van der Waals surface area contributed by atoms with Crippen molar-refractivity contribution in [3.63, 3.8) is 0 Å². The van der Waals surface area contributed by atoms with Crippen LogP contribution in [0.4, 0.5) is 0 Å². The molecule has 0 aliphatic heterocycles. The summed E-state index contributed by atoms with van der Waals surface area (Å²) in [6.07, 6.45) is 0. The summed E-state index contributed by atoms with van der Waals surface area (Å²) in [5, 5.41) is 17.9. The van der Waals surface area contributed by atoms with Crippen molar-refractivity contribution in [3.8, 4) is 16.5 Å². The molecule has 0 aliphatic rings. The van der Waals surface area contributed by atoms with E-state index in [-0.39, 0.29) is 12.5 Å². The monoisotopic (exact) mass is 270 g/mol. The molecule has 0 spiro atoms. The Hall–Kier alpha value is -1.93. The van der Waals surface area contributed by atoms with Crippen LogP contribution in [0.2, 0.25) is 0 Å². The predicted octanol–water partition coefficient (Wildman–Crippen LogP) is 1.41. The molecule has 8 heteroatoms. The largest absolute Gasteiger partial charge is 0.495 e. The number of methoxy groups -OCH3 is 1. The highest BCUT2D eigenvalue weighted by Crippen LogP contribution is 2.34. The summed E-state index contributed by atoms with van der Waals surface area (Å²) in [4.78, 5) is 11.0. The number of nitrogens with zero attached hydrogens (tertiary/aromatic N) is 2.